The van der Waals surface area contributed by atoms with Crippen molar-refractivity contribution in [3.8, 4) is 5.75 Å². The van der Waals surface area contributed by atoms with Crippen molar-refractivity contribution in [2.24, 2.45) is 5.41 Å². The molecule has 5 atom stereocenters. The molecule has 200 valence electrons. The molecule has 3 aromatic rings. The highest BCUT2D eigenvalue weighted by atomic mass is 35.5. The van der Waals surface area contributed by atoms with Crippen LogP contribution in [0.2, 0.25) is 10.0 Å². The molecular weight excluding hydrogens is 521 g/mol. The minimum atomic E-state index is -1.11. The van der Waals surface area contributed by atoms with Crippen LogP contribution in [0.4, 0.5) is 0 Å². The van der Waals surface area contributed by atoms with E-state index in [0.717, 1.165) is 11.1 Å². The molecule has 38 heavy (non-hydrogen) atoms. The molecule has 1 N–H and O–H groups in total. The van der Waals surface area contributed by atoms with E-state index in [-0.39, 0.29) is 36.4 Å². The van der Waals surface area contributed by atoms with Gasteiger partial charge in [-0.25, -0.2) is 0 Å². The van der Waals surface area contributed by atoms with E-state index in [1.807, 2.05) is 97.6 Å². The maximum atomic E-state index is 14.4. The van der Waals surface area contributed by atoms with Crippen LogP contribution in [0.15, 0.2) is 78.9 Å². The summed E-state index contributed by atoms with van der Waals surface area (Å²) >= 11 is 12.7. The number of piperidine rings is 1. The van der Waals surface area contributed by atoms with Gasteiger partial charge in [-0.3, -0.25) is 9.59 Å². The first kappa shape index (κ1) is 28.0. The fourth-order valence-electron chi connectivity index (χ4n) is 5.79. The van der Waals surface area contributed by atoms with E-state index in [1.165, 1.54) is 0 Å². The molecule has 0 aromatic heterocycles. The molecule has 5 nitrogen and oxygen atoms in total. The summed E-state index contributed by atoms with van der Waals surface area (Å²) in [6.45, 7) is 5.76. The fourth-order valence-corrected chi connectivity index (χ4v) is 6.12. The number of para-hydroxylation sites is 1. The number of hydrogen-bond acceptors (Lipinski definition) is 3. The van der Waals surface area contributed by atoms with Crippen molar-refractivity contribution in [1.29, 1.82) is 0 Å². The molecule has 0 aliphatic carbocycles. The van der Waals surface area contributed by atoms with Gasteiger partial charge in [-0.15, -0.1) is 0 Å². The molecule has 3 aromatic carbocycles. The highest BCUT2D eigenvalue weighted by Gasteiger charge is 2.53. The third-order valence-electron chi connectivity index (χ3n) is 7.51. The van der Waals surface area contributed by atoms with E-state index >= 15 is 0 Å². The topological polar surface area (TPSA) is 66.8 Å². The first-order valence-electron chi connectivity index (χ1n) is 12.9. The van der Waals surface area contributed by atoms with Gasteiger partial charge in [-0.05, 0) is 67.3 Å². The summed E-state index contributed by atoms with van der Waals surface area (Å²) in [5.74, 6) is -0.675. The van der Waals surface area contributed by atoms with Crippen molar-refractivity contribution in [3.63, 3.8) is 0 Å². The monoisotopic (exact) mass is 553 g/mol. The Morgan fingerprint density at radius 2 is 1.71 bits per heavy atom. The zero-order valence-corrected chi connectivity index (χ0v) is 23.3. The smallest absolute Gasteiger partial charge is 0.304 e. The zero-order chi connectivity index (χ0) is 27.4. The zero-order valence-electron chi connectivity index (χ0n) is 21.8. The number of carboxylic acid groups (broad SMARTS) is 1. The molecule has 0 saturated carbocycles. The van der Waals surface area contributed by atoms with Gasteiger partial charge < -0.3 is 14.7 Å². The Balaban J connectivity index is 1.87. The molecule has 1 aliphatic rings. The van der Waals surface area contributed by atoms with Gasteiger partial charge in [0.05, 0.1) is 23.9 Å². The fraction of sp³-hybridized carbons (Fsp3) is 0.355. The second-order valence-corrected chi connectivity index (χ2v) is 11.2. The quantitative estimate of drug-likeness (QED) is 0.293. The number of amides is 1. The van der Waals surface area contributed by atoms with Gasteiger partial charge in [0, 0.05) is 16.0 Å². The highest BCUT2D eigenvalue weighted by Crippen LogP contribution is 2.52. The summed E-state index contributed by atoms with van der Waals surface area (Å²) in [5.41, 5.74) is 0.773. The summed E-state index contributed by atoms with van der Waals surface area (Å²) < 4.78 is 6.33. The third-order valence-corrected chi connectivity index (χ3v) is 8.00. The number of ether oxygens (including phenoxy) is 1. The second kappa shape index (κ2) is 11.8. The molecule has 1 saturated heterocycles. The van der Waals surface area contributed by atoms with Crippen molar-refractivity contribution >= 4 is 35.1 Å². The van der Waals surface area contributed by atoms with Gasteiger partial charge >= 0.3 is 5.97 Å². The van der Waals surface area contributed by atoms with Gasteiger partial charge in [0.15, 0.2) is 0 Å². The van der Waals surface area contributed by atoms with Crippen molar-refractivity contribution in [1.82, 2.24) is 4.90 Å². The Bertz CT molecular complexity index is 1270. The molecule has 1 unspecified atom stereocenters. The molecule has 1 amide bonds. The molecule has 1 fully saturated rings. The number of rotatable bonds is 9. The lowest BCUT2D eigenvalue weighted by atomic mass is 9.67. The van der Waals surface area contributed by atoms with E-state index in [2.05, 4.69) is 0 Å². The lowest BCUT2D eigenvalue weighted by Crippen LogP contribution is -2.59. The molecule has 0 bridgehead atoms. The Morgan fingerprint density at radius 3 is 2.32 bits per heavy atom. The predicted molar refractivity (Wildman–Crippen MR) is 151 cm³/mol. The normalized spacial score (nSPS) is 23.1. The van der Waals surface area contributed by atoms with Crippen LogP contribution >= 0.6 is 23.2 Å². The summed E-state index contributed by atoms with van der Waals surface area (Å²) in [6.07, 6.45) is 0.368. The predicted octanol–water partition coefficient (Wildman–Crippen LogP) is 7.78. The lowest BCUT2D eigenvalue weighted by Gasteiger charge is -2.52. The number of nitrogens with zero attached hydrogens (tertiary/aromatic N) is 1. The number of hydrogen-bond donors (Lipinski definition) is 1. The first-order chi connectivity index (χ1) is 18.1. The third kappa shape index (κ3) is 6.00. The molecule has 4 rings (SSSR count). The Labute approximate surface area is 234 Å². The summed E-state index contributed by atoms with van der Waals surface area (Å²) in [7, 11) is 0. The van der Waals surface area contributed by atoms with E-state index in [1.54, 1.807) is 6.92 Å². The molecule has 0 spiro atoms. The van der Waals surface area contributed by atoms with Gasteiger partial charge in [-0.2, -0.15) is 0 Å². The summed E-state index contributed by atoms with van der Waals surface area (Å²) in [5, 5.41) is 11.0. The second-order valence-electron chi connectivity index (χ2n) is 10.3. The van der Waals surface area contributed by atoms with E-state index in [9.17, 15) is 14.7 Å². The van der Waals surface area contributed by atoms with Crippen molar-refractivity contribution in [2.75, 3.05) is 0 Å². The average Bonchev–Trinajstić information content (AvgIpc) is 2.88. The molecule has 0 radical (unpaired) electrons. The van der Waals surface area contributed by atoms with Crippen LogP contribution in [0.5, 0.6) is 5.75 Å². The summed E-state index contributed by atoms with van der Waals surface area (Å²) in [6, 6.07) is 24.0. The van der Waals surface area contributed by atoms with Crippen LogP contribution < -0.4 is 4.74 Å². The maximum absolute atomic E-state index is 14.4. The van der Waals surface area contributed by atoms with Gasteiger partial charge in [-0.1, -0.05) is 79.5 Å². The molecule has 7 heteroatoms. The van der Waals surface area contributed by atoms with Crippen molar-refractivity contribution < 1.29 is 19.4 Å². The number of likely N-dealkylation sites (tertiary alicyclic amines) is 1. The SMILES string of the molecule is CCC([C@H](C)Oc1ccccc1)N1C(=O)[C@@](C)(CC(=O)O)C[C@H](c2cccc(Cl)c2)[C@H]1c1ccc(Cl)cc1. The average molecular weight is 555 g/mol. The van der Waals surface area contributed by atoms with Crippen LogP contribution in [-0.2, 0) is 9.59 Å². The van der Waals surface area contributed by atoms with Crippen LogP contribution in [0.25, 0.3) is 0 Å². The van der Waals surface area contributed by atoms with Crippen molar-refractivity contribution in [2.45, 2.75) is 64.1 Å². The number of carbonyl (C=O) groups is 2. The minimum absolute atomic E-state index is 0.187. The van der Waals surface area contributed by atoms with Crippen LogP contribution in [0.1, 0.15) is 63.1 Å². The van der Waals surface area contributed by atoms with Crippen LogP contribution in [-0.4, -0.2) is 34.0 Å². The number of halogens is 2. The maximum Gasteiger partial charge on any atom is 0.304 e. The van der Waals surface area contributed by atoms with E-state index in [0.29, 0.717) is 28.6 Å². The van der Waals surface area contributed by atoms with Gasteiger partial charge in [0.2, 0.25) is 5.91 Å². The number of carboxylic acids is 1. The number of aliphatic carboxylic acids is 1. The molecule has 1 heterocycles. The number of carbonyl (C=O) groups excluding carboxylic acids is 1. The number of benzene rings is 3. The van der Waals surface area contributed by atoms with Crippen LogP contribution in [0.3, 0.4) is 0 Å². The molecular formula is C31H33Cl2NO4. The van der Waals surface area contributed by atoms with Gasteiger partial charge in [0.1, 0.15) is 11.9 Å². The first-order valence-corrected chi connectivity index (χ1v) is 13.7. The highest BCUT2D eigenvalue weighted by molar-refractivity contribution is 6.30. The van der Waals surface area contributed by atoms with Gasteiger partial charge in [0.25, 0.3) is 0 Å². The molecule has 1 aliphatic heterocycles. The van der Waals surface area contributed by atoms with E-state index in [4.69, 9.17) is 27.9 Å². The summed E-state index contributed by atoms with van der Waals surface area (Å²) in [4.78, 5) is 28.3. The van der Waals surface area contributed by atoms with Crippen molar-refractivity contribution in [3.05, 3.63) is 100 Å². The largest absolute Gasteiger partial charge is 0.489 e. The van der Waals surface area contributed by atoms with Crippen LogP contribution in [0, 0.1) is 5.41 Å². The minimum Gasteiger partial charge on any atom is -0.489 e. The Morgan fingerprint density at radius 1 is 1.03 bits per heavy atom. The van der Waals surface area contributed by atoms with E-state index < -0.39 is 11.4 Å². The standard InChI is InChI=1S/C31H33Cl2NO4/c1-4-27(20(2)38-25-11-6-5-7-12-25)34-29(21-13-15-23(32)16-14-21)26(22-9-8-10-24(33)17-22)18-31(3,30(34)37)19-28(35)36/h5-17,20,26-27,29H,4,18-19H2,1-3H3,(H,35,36)/t20-,26+,27?,29+,31+/m0/s1. The Kier molecular flexibility index (Phi) is 8.69. The Hall–Kier alpha value is -3.02. The lowest BCUT2D eigenvalue weighted by molar-refractivity contribution is -0.163.